The van der Waals surface area contributed by atoms with Crippen molar-refractivity contribution in [3.63, 3.8) is 0 Å². The fraction of sp³-hybridized carbons (Fsp3) is 0. The van der Waals surface area contributed by atoms with E-state index in [4.69, 9.17) is 11.5 Å². The summed E-state index contributed by atoms with van der Waals surface area (Å²) in [5.74, 6) is 0.394. The Morgan fingerprint density at radius 2 is 1.88 bits per heavy atom. The molecule has 0 radical (unpaired) electrons. The van der Waals surface area contributed by atoms with Crippen molar-refractivity contribution < 1.29 is 0 Å². The zero-order valence-corrected chi connectivity index (χ0v) is 12.6. The summed E-state index contributed by atoms with van der Waals surface area (Å²) in [5.41, 5.74) is 14.5. The van der Waals surface area contributed by atoms with Crippen LogP contribution in [0.2, 0.25) is 0 Å². The maximum Gasteiger partial charge on any atom is 0.256 e. The molecule has 7 nitrogen and oxygen atoms in total. The molecule has 4 aromatic rings. The molecule has 0 aliphatic carbocycles. The van der Waals surface area contributed by atoms with Gasteiger partial charge < -0.3 is 21.8 Å². The maximum atomic E-state index is 12.2. The van der Waals surface area contributed by atoms with Gasteiger partial charge in [0.05, 0.1) is 28.5 Å². The van der Waals surface area contributed by atoms with Gasteiger partial charge in [-0.3, -0.25) is 4.79 Å². The minimum Gasteiger partial charge on any atom is -0.399 e. The first-order valence-corrected chi connectivity index (χ1v) is 7.31. The van der Waals surface area contributed by atoms with Crippen molar-refractivity contribution in [3.05, 3.63) is 59.0 Å². The van der Waals surface area contributed by atoms with E-state index in [1.165, 1.54) is 0 Å². The lowest BCUT2D eigenvalue weighted by atomic mass is 10.1. The lowest BCUT2D eigenvalue weighted by Crippen LogP contribution is -2.09. The van der Waals surface area contributed by atoms with Crippen LogP contribution in [-0.4, -0.2) is 15.0 Å². The van der Waals surface area contributed by atoms with Crippen molar-refractivity contribution in [2.45, 2.75) is 0 Å². The van der Waals surface area contributed by atoms with Crippen LogP contribution < -0.4 is 22.3 Å². The number of nitrogens with zero attached hydrogens (tertiary/aromatic N) is 2. The third-order valence-corrected chi connectivity index (χ3v) is 3.79. The summed E-state index contributed by atoms with van der Waals surface area (Å²) in [6, 6.07) is 12.5. The molecule has 0 atom stereocenters. The number of para-hydroxylation sites is 2. The summed E-state index contributed by atoms with van der Waals surface area (Å²) in [7, 11) is 0. The van der Waals surface area contributed by atoms with E-state index in [-0.39, 0.29) is 5.56 Å². The monoisotopic (exact) mass is 318 g/mol. The topological polar surface area (TPSA) is 123 Å². The Morgan fingerprint density at radius 1 is 1.04 bits per heavy atom. The van der Waals surface area contributed by atoms with Crippen LogP contribution in [0.5, 0.6) is 0 Å². The molecule has 118 valence electrons. The van der Waals surface area contributed by atoms with Crippen molar-refractivity contribution in [2.75, 3.05) is 16.8 Å². The number of benzene rings is 2. The molecule has 0 saturated heterocycles. The number of fused-ring (bicyclic) bond motifs is 3. The summed E-state index contributed by atoms with van der Waals surface area (Å²) in [4.78, 5) is 23.7. The lowest BCUT2D eigenvalue weighted by molar-refractivity contribution is 1.19. The molecular formula is C17H14N6O. The minimum atomic E-state index is -0.221. The van der Waals surface area contributed by atoms with Crippen LogP contribution in [0.15, 0.2) is 53.5 Å². The van der Waals surface area contributed by atoms with Gasteiger partial charge in [0.25, 0.3) is 5.56 Å². The van der Waals surface area contributed by atoms with Crippen LogP contribution in [0, 0.1) is 0 Å². The fourth-order valence-electron chi connectivity index (χ4n) is 2.62. The second-order valence-corrected chi connectivity index (χ2v) is 5.43. The molecule has 0 bridgehead atoms. The van der Waals surface area contributed by atoms with Crippen LogP contribution >= 0.6 is 0 Å². The second-order valence-electron chi connectivity index (χ2n) is 5.43. The normalized spacial score (nSPS) is 11.0. The first-order valence-electron chi connectivity index (χ1n) is 7.31. The number of anilines is 4. The second kappa shape index (κ2) is 5.24. The van der Waals surface area contributed by atoms with Gasteiger partial charge in [0.2, 0.25) is 5.95 Å². The van der Waals surface area contributed by atoms with E-state index < -0.39 is 0 Å². The van der Waals surface area contributed by atoms with Crippen LogP contribution in [0.4, 0.5) is 23.0 Å². The van der Waals surface area contributed by atoms with E-state index in [2.05, 4.69) is 20.3 Å². The number of nitrogens with two attached hydrogens (primary N) is 2. The van der Waals surface area contributed by atoms with Gasteiger partial charge in [-0.2, -0.15) is 0 Å². The molecule has 2 heterocycles. The number of nitrogen functional groups attached to an aromatic ring is 2. The highest BCUT2D eigenvalue weighted by Crippen LogP contribution is 2.24. The average Bonchev–Trinajstić information content (AvgIpc) is 2.58. The molecule has 24 heavy (non-hydrogen) atoms. The van der Waals surface area contributed by atoms with E-state index in [1.54, 1.807) is 30.5 Å². The van der Waals surface area contributed by atoms with Gasteiger partial charge >= 0.3 is 0 Å². The van der Waals surface area contributed by atoms with Crippen molar-refractivity contribution in [1.82, 2.24) is 15.0 Å². The molecule has 0 aliphatic heterocycles. The summed E-state index contributed by atoms with van der Waals surface area (Å²) in [6.07, 6.45) is 1.57. The Morgan fingerprint density at radius 3 is 2.71 bits per heavy atom. The summed E-state index contributed by atoms with van der Waals surface area (Å²) >= 11 is 0. The van der Waals surface area contributed by atoms with Crippen LogP contribution in [0.25, 0.3) is 21.8 Å². The minimum absolute atomic E-state index is 0.221. The number of nitrogens with one attached hydrogen (secondary N) is 2. The van der Waals surface area contributed by atoms with E-state index >= 15 is 0 Å². The van der Waals surface area contributed by atoms with Crippen LogP contribution in [0.1, 0.15) is 0 Å². The van der Waals surface area contributed by atoms with E-state index in [1.807, 2.05) is 18.2 Å². The summed E-state index contributed by atoms with van der Waals surface area (Å²) < 4.78 is 0. The molecule has 0 amide bonds. The van der Waals surface area contributed by atoms with Gasteiger partial charge in [-0.15, -0.1) is 0 Å². The van der Waals surface area contributed by atoms with Gasteiger partial charge in [-0.25, -0.2) is 9.97 Å². The van der Waals surface area contributed by atoms with E-state index in [0.717, 1.165) is 11.1 Å². The van der Waals surface area contributed by atoms with Crippen molar-refractivity contribution >= 4 is 44.8 Å². The Bertz CT molecular complexity index is 1130. The first kappa shape index (κ1) is 14.0. The van der Waals surface area contributed by atoms with Crippen LogP contribution in [-0.2, 0) is 0 Å². The number of H-pyrrole nitrogens is 1. The number of aromatic nitrogens is 3. The molecule has 0 aliphatic rings. The lowest BCUT2D eigenvalue weighted by Gasteiger charge is -2.09. The Kier molecular flexibility index (Phi) is 3.06. The third kappa shape index (κ3) is 2.28. The van der Waals surface area contributed by atoms with Gasteiger partial charge in [-0.05, 0) is 30.3 Å². The molecule has 0 unspecified atom stereocenters. The average molecular weight is 318 g/mol. The Balaban J connectivity index is 1.91. The summed E-state index contributed by atoms with van der Waals surface area (Å²) in [6.45, 7) is 0. The Hall–Kier alpha value is -3.61. The highest BCUT2D eigenvalue weighted by atomic mass is 16.1. The zero-order valence-electron chi connectivity index (χ0n) is 12.6. The van der Waals surface area contributed by atoms with Crippen molar-refractivity contribution in [1.29, 1.82) is 0 Å². The van der Waals surface area contributed by atoms with Crippen molar-refractivity contribution in [3.8, 4) is 0 Å². The van der Waals surface area contributed by atoms with E-state index in [9.17, 15) is 4.79 Å². The largest absolute Gasteiger partial charge is 0.399 e. The van der Waals surface area contributed by atoms with Gasteiger partial charge in [-0.1, -0.05) is 12.1 Å². The highest BCUT2D eigenvalue weighted by Gasteiger charge is 2.09. The molecular weight excluding hydrogens is 304 g/mol. The van der Waals surface area contributed by atoms with Gasteiger partial charge in [0, 0.05) is 11.1 Å². The first-order chi connectivity index (χ1) is 11.6. The van der Waals surface area contributed by atoms with Crippen LogP contribution in [0.3, 0.4) is 0 Å². The fourth-order valence-corrected chi connectivity index (χ4v) is 2.62. The summed E-state index contributed by atoms with van der Waals surface area (Å²) in [5, 5.41) is 4.30. The molecule has 0 spiro atoms. The predicted molar refractivity (Wildman–Crippen MR) is 96.2 cm³/mol. The van der Waals surface area contributed by atoms with Gasteiger partial charge in [0.15, 0.2) is 0 Å². The molecule has 6 N–H and O–H groups in total. The number of hydrogen-bond donors (Lipinski definition) is 4. The number of aromatic amines is 1. The van der Waals surface area contributed by atoms with E-state index in [0.29, 0.717) is 33.7 Å². The quantitative estimate of drug-likeness (QED) is 0.332. The number of pyridine rings is 1. The number of rotatable bonds is 2. The maximum absolute atomic E-state index is 12.2. The molecule has 2 aromatic carbocycles. The molecule has 0 fully saturated rings. The Labute approximate surface area is 136 Å². The highest BCUT2D eigenvalue weighted by molar-refractivity contribution is 6.03. The SMILES string of the molecule is Nc1ccc2c(c1)c(=O)[nH]c1cnc(Nc3ccccc3N)nc12. The molecule has 4 rings (SSSR count). The standard InChI is InChI=1S/C17H14N6O/c18-9-5-6-10-11(7-9)16(24)21-14-8-20-17(23-15(10)14)22-13-4-2-1-3-12(13)19/h1-8H,18-19H2,(H,21,24)(H,20,22,23). The predicted octanol–water partition coefficient (Wildman–Crippen LogP) is 2.38. The third-order valence-electron chi connectivity index (χ3n) is 3.79. The molecule has 0 saturated carbocycles. The van der Waals surface area contributed by atoms with Crippen molar-refractivity contribution in [2.24, 2.45) is 0 Å². The zero-order chi connectivity index (χ0) is 16.7. The number of hydrogen-bond acceptors (Lipinski definition) is 6. The molecule has 7 heteroatoms. The smallest absolute Gasteiger partial charge is 0.256 e. The van der Waals surface area contributed by atoms with Gasteiger partial charge in [0.1, 0.15) is 5.52 Å². The molecule has 2 aromatic heterocycles.